The van der Waals surface area contributed by atoms with Gasteiger partial charge in [-0.3, -0.25) is 4.79 Å². The van der Waals surface area contributed by atoms with Crippen molar-refractivity contribution in [3.05, 3.63) is 77.9 Å². The fourth-order valence-electron chi connectivity index (χ4n) is 2.81. The Hall–Kier alpha value is -3.41. The highest BCUT2D eigenvalue weighted by Crippen LogP contribution is 2.35. The molecule has 1 heterocycles. The first-order chi connectivity index (χ1) is 15.3. The van der Waals surface area contributed by atoms with E-state index in [9.17, 15) is 35.3 Å². The van der Waals surface area contributed by atoms with E-state index in [0.717, 1.165) is 24.3 Å². The van der Waals surface area contributed by atoms with Gasteiger partial charge < -0.3 is 9.88 Å². The zero-order valence-electron chi connectivity index (χ0n) is 16.7. The Kier molecular flexibility index (Phi) is 6.77. The molecule has 0 saturated carbocycles. The van der Waals surface area contributed by atoms with Crippen LogP contribution in [0.25, 0.3) is 11.8 Å². The Morgan fingerprint density at radius 1 is 1.06 bits per heavy atom. The summed E-state index contributed by atoms with van der Waals surface area (Å²) in [6, 6.07) is 7.76. The molecular weight excluding hydrogens is 472 g/mol. The maximum Gasteiger partial charge on any atom is 0.475 e. The van der Waals surface area contributed by atoms with Crippen LogP contribution in [0.3, 0.4) is 0 Å². The maximum absolute atomic E-state index is 13.5. The maximum atomic E-state index is 13.5. The molecule has 3 rings (SSSR count). The minimum Gasteiger partial charge on any atom is -0.322 e. The van der Waals surface area contributed by atoms with Crippen LogP contribution in [0.4, 0.5) is 32.0 Å². The number of hydrogen-bond acceptors (Lipinski definition) is 3. The molecule has 1 N–H and O–H groups in total. The summed E-state index contributed by atoms with van der Waals surface area (Å²) in [4.78, 5) is 15.6. The summed E-state index contributed by atoms with van der Waals surface area (Å²) in [5.74, 6) is -0.753. The van der Waals surface area contributed by atoms with E-state index in [0.29, 0.717) is 11.3 Å². The number of aryl methyl sites for hydroxylation is 1. The second-order valence-electron chi connectivity index (χ2n) is 6.76. The fraction of sp³-hybridized carbons (Fsp3) is 0.143. The number of benzene rings is 2. The van der Waals surface area contributed by atoms with Gasteiger partial charge in [-0.15, -0.1) is 0 Å². The van der Waals surface area contributed by atoms with Gasteiger partial charge >= 0.3 is 11.7 Å². The Labute approximate surface area is 186 Å². The van der Waals surface area contributed by atoms with Crippen molar-refractivity contribution in [3.63, 3.8) is 0 Å². The van der Waals surface area contributed by atoms with Crippen LogP contribution < -0.4 is 5.32 Å². The molecule has 174 valence electrons. The molecule has 5 nitrogen and oxygen atoms in total. The van der Waals surface area contributed by atoms with Gasteiger partial charge in [0, 0.05) is 22.9 Å². The van der Waals surface area contributed by atoms with Crippen LogP contribution in [0.15, 0.2) is 66.0 Å². The normalized spacial score (nSPS) is 13.3. The van der Waals surface area contributed by atoms with Crippen molar-refractivity contribution in [1.82, 2.24) is 9.55 Å². The molecule has 0 spiro atoms. The van der Waals surface area contributed by atoms with Gasteiger partial charge in [0.25, 0.3) is 0 Å². The quantitative estimate of drug-likeness (QED) is 0.383. The zero-order valence-corrected chi connectivity index (χ0v) is 17.6. The highest BCUT2D eigenvalue weighted by atomic mass is 32.2. The number of alkyl halides is 6. The van der Waals surface area contributed by atoms with Crippen molar-refractivity contribution >= 4 is 28.5 Å². The summed E-state index contributed by atoms with van der Waals surface area (Å²) in [5, 5.41) is 2.31. The van der Waals surface area contributed by atoms with E-state index in [4.69, 9.17) is 0 Å². The molecule has 0 aliphatic heterocycles. The van der Waals surface area contributed by atoms with E-state index in [-0.39, 0.29) is 11.4 Å². The van der Waals surface area contributed by atoms with E-state index in [1.165, 1.54) is 47.4 Å². The summed E-state index contributed by atoms with van der Waals surface area (Å²) >= 11 is 0. The van der Waals surface area contributed by atoms with Crippen molar-refractivity contribution in [2.45, 2.75) is 23.5 Å². The lowest BCUT2D eigenvalue weighted by atomic mass is 10.1. The van der Waals surface area contributed by atoms with E-state index in [2.05, 4.69) is 10.3 Å². The summed E-state index contributed by atoms with van der Waals surface area (Å²) in [5.41, 5.74) is -5.27. The standard InChI is InChI=1S/C21H15F6N3O2S/c1-13-11-30(12-28-13)18-8-5-15(10-17(18)20(22,23)24)29-19(31)9-4-14-2-6-16(7-3-14)33(32)21(25,26)27/h2-12H,1H3,(H,29,31)/b9-4+. The SMILES string of the molecule is Cc1cn(-c2ccc(NC(=O)/C=C/c3ccc(S(=O)C(F)(F)F)cc3)cc2C(F)(F)F)cn1. The topological polar surface area (TPSA) is 64.0 Å². The highest BCUT2D eigenvalue weighted by Gasteiger charge is 2.38. The Balaban J connectivity index is 1.75. The third kappa shape index (κ3) is 6.09. The largest absolute Gasteiger partial charge is 0.475 e. The number of imidazole rings is 1. The number of halogens is 6. The summed E-state index contributed by atoms with van der Waals surface area (Å²) in [6.45, 7) is 1.63. The molecule has 0 bridgehead atoms. The molecule has 0 aliphatic rings. The zero-order chi connectivity index (χ0) is 24.4. The number of hydrogen-bond donors (Lipinski definition) is 1. The molecule has 12 heteroatoms. The van der Waals surface area contributed by atoms with E-state index < -0.39 is 38.9 Å². The van der Waals surface area contributed by atoms with Crippen LogP contribution in [0, 0.1) is 6.92 Å². The van der Waals surface area contributed by atoms with Gasteiger partial charge in [-0.05, 0) is 48.9 Å². The Bertz CT molecular complexity index is 1210. The highest BCUT2D eigenvalue weighted by molar-refractivity contribution is 7.86. The van der Waals surface area contributed by atoms with Crippen molar-refractivity contribution in [3.8, 4) is 5.69 Å². The minimum absolute atomic E-state index is 0.103. The van der Waals surface area contributed by atoms with Gasteiger partial charge in [-0.25, -0.2) is 9.19 Å². The third-order valence-electron chi connectivity index (χ3n) is 4.29. The Morgan fingerprint density at radius 3 is 2.27 bits per heavy atom. The first-order valence-electron chi connectivity index (χ1n) is 9.14. The fourth-order valence-corrected chi connectivity index (χ4v) is 3.46. The Morgan fingerprint density at radius 2 is 1.73 bits per heavy atom. The van der Waals surface area contributed by atoms with Gasteiger partial charge in [0.05, 0.1) is 23.3 Å². The second-order valence-corrected chi connectivity index (χ2v) is 8.23. The van der Waals surface area contributed by atoms with Crippen molar-refractivity contribution in [1.29, 1.82) is 0 Å². The molecule has 33 heavy (non-hydrogen) atoms. The molecule has 0 fully saturated rings. The first-order valence-corrected chi connectivity index (χ1v) is 10.3. The molecule has 2 aromatic carbocycles. The lowest BCUT2D eigenvalue weighted by Gasteiger charge is -2.15. The molecule has 1 aromatic heterocycles. The van der Waals surface area contributed by atoms with Crippen LogP contribution in [-0.2, 0) is 21.8 Å². The molecule has 1 unspecified atom stereocenters. The summed E-state index contributed by atoms with van der Waals surface area (Å²) < 4.78 is 90.6. The smallest absolute Gasteiger partial charge is 0.322 e. The lowest BCUT2D eigenvalue weighted by molar-refractivity contribution is -0.137. The van der Waals surface area contributed by atoms with Crippen LogP contribution >= 0.6 is 0 Å². The van der Waals surface area contributed by atoms with Gasteiger partial charge in [0.1, 0.15) is 0 Å². The van der Waals surface area contributed by atoms with Gasteiger partial charge in [-0.1, -0.05) is 12.1 Å². The summed E-state index contributed by atoms with van der Waals surface area (Å²) in [7, 11) is -3.17. The average Bonchev–Trinajstić information content (AvgIpc) is 3.17. The van der Waals surface area contributed by atoms with Crippen molar-refractivity contribution in [2.75, 3.05) is 5.32 Å². The van der Waals surface area contributed by atoms with Crippen molar-refractivity contribution in [2.24, 2.45) is 0 Å². The predicted molar refractivity (Wildman–Crippen MR) is 110 cm³/mol. The molecule has 1 atom stereocenters. The number of nitrogens with one attached hydrogen (secondary N) is 1. The number of amides is 1. The molecule has 3 aromatic rings. The first kappa shape index (κ1) is 24.2. The van der Waals surface area contributed by atoms with Crippen molar-refractivity contribution < 1.29 is 35.3 Å². The molecular formula is C21H15F6N3O2S. The number of anilines is 1. The van der Waals surface area contributed by atoms with E-state index in [1.54, 1.807) is 6.92 Å². The average molecular weight is 487 g/mol. The van der Waals surface area contributed by atoms with Gasteiger partial charge in [0.2, 0.25) is 5.91 Å². The molecule has 1 amide bonds. The number of carbonyl (C=O) groups excluding carboxylic acids is 1. The van der Waals surface area contributed by atoms with Crippen LogP contribution in [0.2, 0.25) is 0 Å². The number of rotatable bonds is 5. The van der Waals surface area contributed by atoms with E-state index in [1.807, 2.05) is 0 Å². The number of aromatic nitrogens is 2. The number of carbonyl (C=O) groups is 1. The summed E-state index contributed by atoms with van der Waals surface area (Å²) in [6.07, 6.45) is 0.249. The monoisotopic (exact) mass is 487 g/mol. The minimum atomic E-state index is -4.89. The van der Waals surface area contributed by atoms with Crippen LogP contribution in [0.1, 0.15) is 16.8 Å². The van der Waals surface area contributed by atoms with Crippen LogP contribution in [0.5, 0.6) is 0 Å². The predicted octanol–water partition coefficient (Wildman–Crippen LogP) is 5.48. The number of nitrogens with zero attached hydrogens (tertiary/aromatic N) is 2. The second kappa shape index (κ2) is 9.22. The molecule has 0 radical (unpaired) electrons. The van der Waals surface area contributed by atoms with E-state index >= 15 is 0 Å². The molecule has 0 aliphatic carbocycles. The third-order valence-corrected chi connectivity index (χ3v) is 5.41. The lowest BCUT2D eigenvalue weighted by Crippen LogP contribution is -2.16. The van der Waals surface area contributed by atoms with Crippen LogP contribution in [-0.4, -0.2) is 25.2 Å². The van der Waals surface area contributed by atoms with Gasteiger partial charge in [-0.2, -0.15) is 26.3 Å². The molecule has 0 saturated heterocycles. The van der Waals surface area contributed by atoms with Gasteiger partial charge in [0.15, 0.2) is 10.8 Å².